The lowest BCUT2D eigenvalue weighted by atomic mass is 10.1. The Morgan fingerprint density at radius 2 is 2.19 bits per heavy atom. The van der Waals surface area contributed by atoms with Crippen molar-refractivity contribution in [3.05, 3.63) is 16.7 Å². The van der Waals surface area contributed by atoms with Crippen LogP contribution in [0.15, 0.2) is 11.1 Å². The lowest BCUT2D eigenvalue weighted by Crippen LogP contribution is -2.34. The van der Waals surface area contributed by atoms with Crippen molar-refractivity contribution in [1.29, 1.82) is 0 Å². The molecule has 0 spiro atoms. The van der Waals surface area contributed by atoms with Crippen LogP contribution in [0.2, 0.25) is 0 Å². The van der Waals surface area contributed by atoms with Crippen molar-refractivity contribution < 1.29 is 38.8 Å². The maximum atomic E-state index is 11.8. The number of rotatable bonds is 6. The van der Waals surface area contributed by atoms with Gasteiger partial charge >= 0.3 is 5.97 Å². The number of ether oxygens (including phenoxy) is 1. The van der Waals surface area contributed by atoms with Gasteiger partial charge in [-0.3, -0.25) is 19.1 Å². The third kappa shape index (κ3) is 3.85. The summed E-state index contributed by atoms with van der Waals surface area (Å²) in [6.45, 7) is -0.717. The van der Waals surface area contributed by atoms with Gasteiger partial charge in [-0.2, -0.15) is 4.98 Å². The second-order valence-corrected chi connectivity index (χ2v) is 7.58. The molecule has 1 fully saturated rings. The van der Waals surface area contributed by atoms with Crippen molar-refractivity contribution in [2.75, 3.05) is 18.5 Å². The van der Waals surface area contributed by atoms with Crippen LogP contribution in [0.25, 0.3) is 11.2 Å². The molecule has 14 nitrogen and oxygen atoms in total. The number of anilines is 1. The zero-order valence-corrected chi connectivity index (χ0v) is 14.4. The van der Waals surface area contributed by atoms with Gasteiger partial charge in [-0.05, 0) is 0 Å². The minimum Gasteiger partial charge on any atom is -0.778 e. The van der Waals surface area contributed by atoms with E-state index < -0.39 is 56.4 Å². The lowest BCUT2D eigenvalue weighted by Gasteiger charge is -2.24. The van der Waals surface area contributed by atoms with Crippen LogP contribution in [0, 0.1) is 0 Å². The van der Waals surface area contributed by atoms with E-state index in [1.54, 1.807) is 0 Å². The van der Waals surface area contributed by atoms with Crippen LogP contribution in [0.1, 0.15) is 6.23 Å². The summed E-state index contributed by atoms with van der Waals surface area (Å²) in [5.74, 6) is -1.80. The molecule has 15 heteroatoms. The summed E-state index contributed by atoms with van der Waals surface area (Å²) in [6.07, 6.45) is -5.75. The topological polar surface area (TPSA) is 226 Å². The predicted molar refractivity (Wildman–Crippen MR) is 84.5 cm³/mol. The molecule has 0 amide bonds. The van der Waals surface area contributed by atoms with Crippen molar-refractivity contribution in [3.63, 3.8) is 0 Å². The Kier molecular flexibility index (Phi) is 5.03. The Bertz CT molecular complexity index is 974. The van der Waals surface area contributed by atoms with Gasteiger partial charge in [0, 0.05) is 0 Å². The molecule has 2 aromatic rings. The molecule has 27 heavy (non-hydrogen) atoms. The SMILES string of the molecule is Nc1nc2c(ncn2[C@@H]2O[C@H](COP(=O)([O-])CC(=O)O)[C@@H](O)[C@H]2O)c(=O)[nH]1. The Hall–Kier alpha value is -2.35. The zero-order chi connectivity index (χ0) is 19.9. The first-order valence-electron chi connectivity index (χ1n) is 7.49. The molecule has 0 aliphatic carbocycles. The number of aromatic nitrogens is 4. The fourth-order valence-corrected chi connectivity index (χ4v) is 3.42. The molecule has 5 atom stereocenters. The molecular weight excluding hydrogens is 389 g/mol. The molecule has 2 aromatic heterocycles. The Morgan fingerprint density at radius 1 is 1.48 bits per heavy atom. The number of aliphatic carboxylic acids is 1. The maximum absolute atomic E-state index is 11.8. The number of carboxylic acids is 1. The second-order valence-electron chi connectivity index (χ2n) is 5.78. The molecular formula is C12H15N5O9P-. The summed E-state index contributed by atoms with van der Waals surface area (Å²) in [7, 11) is -4.70. The van der Waals surface area contributed by atoms with E-state index in [2.05, 4.69) is 19.5 Å². The normalized spacial score (nSPS) is 27.7. The molecule has 6 N–H and O–H groups in total. The molecule has 1 saturated heterocycles. The minimum atomic E-state index is -4.70. The fourth-order valence-electron chi connectivity index (χ4n) is 2.62. The van der Waals surface area contributed by atoms with Gasteiger partial charge in [0.25, 0.3) is 5.56 Å². The Balaban J connectivity index is 1.80. The van der Waals surface area contributed by atoms with Crippen molar-refractivity contribution in [2.45, 2.75) is 24.5 Å². The number of carbonyl (C=O) groups is 1. The third-order valence-corrected chi connectivity index (χ3v) is 5.03. The van der Waals surface area contributed by atoms with Crippen LogP contribution in [0.5, 0.6) is 0 Å². The first-order chi connectivity index (χ1) is 12.6. The van der Waals surface area contributed by atoms with E-state index in [9.17, 15) is 29.3 Å². The van der Waals surface area contributed by atoms with Gasteiger partial charge in [0.2, 0.25) is 5.95 Å². The number of nitrogens with one attached hydrogen (secondary N) is 1. The third-order valence-electron chi connectivity index (χ3n) is 3.83. The largest absolute Gasteiger partial charge is 0.778 e. The van der Waals surface area contributed by atoms with E-state index in [1.807, 2.05) is 0 Å². The minimum absolute atomic E-state index is 0.0190. The van der Waals surface area contributed by atoms with Crippen molar-refractivity contribution >= 4 is 30.7 Å². The lowest BCUT2D eigenvalue weighted by molar-refractivity contribution is -0.202. The average molecular weight is 404 g/mol. The number of fused-ring (bicyclic) bond motifs is 1. The molecule has 148 valence electrons. The number of imidazole rings is 1. The monoisotopic (exact) mass is 404 g/mol. The van der Waals surface area contributed by atoms with Crippen LogP contribution in [0.3, 0.4) is 0 Å². The van der Waals surface area contributed by atoms with Gasteiger partial charge in [0.05, 0.1) is 12.9 Å². The highest BCUT2D eigenvalue weighted by Gasteiger charge is 2.44. The number of nitrogen functional groups attached to an aromatic ring is 1. The number of carboxylic acid groups (broad SMARTS) is 1. The van der Waals surface area contributed by atoms with E-state index in [4.69, 9.17) is 15.6 Å². The summed E-state index contributed by atoms with van der Waals surface area (Å²) < 4.78 is 22.6. The van der Waals surface area contributed by atoms with E-state index in [0.29, 0.717) is 0 Å². The van der Waals surface area contributed by atoms with Crippen molar-refractivity contribution in [2.24, 2.45) is 0 Å². The van der Waals surface area contributed by atoms with Gasteiger partial charge in [-0.25, -0.2) is 4.98 Å². The maximum Gasteiger partial charge on any atom is 0.311 e. The van der Waals surface area contributed by atoms with E-state index >= 15 is 0 Å². The molecule has 0 radical (unpaired) electrons. The number of aliphatic hydroxyl groups is 2. The summed E-state index contributed by atoms with van der Waals surface area (Å²) in [4.78, 5) is 43.8. The Labute approximate surface area is 149 Å². The van der Waals surface area contributed by atoms with Crippen LogP contribution >= 0.6 is 7.60 Å². The van der Waals surface area contributed by atoms with Gasteiger partial charge in [-0.15, -0.1) is 0 Å². The molecule has 1 aliphatic rings. The van der Waals surface area contributed by atoms with E-state index in [0.717, 1.165) is 10.9 Å². The summed E-state index contributed by atoms with van der Waals surface area (Å²) in [6, 6.07) is 0. The number of aliphatic hydroxyl groups excluding tert-OH is 2. The number of nitrogens with two attached hydrogens (primary N) is 1. The average Bonchev–Trinajstić information content (AvgIpc) is 3.07. The molecule has 1 unspecified atom stereocenters. The van der Waals surface area contributed by atoms with Gasteiger partial charge in [0.15, 0.2) is 17.4 Å². The van der Waals surface area contributed by atoms with Crippen LogP contribution in [-0.4, -0.2) is 71.9 Å². The van der Waals surface area contributed by atoms with Gasteiger partial charge in [0.1, 0.15) is 32.1 Å². The molecule has 3 heterocycles. The number of hydrogen-bond donors (Lipinski definition) is 5. The molecule has 0 bridgehead atoms. The van der Waals surface area contributed by atoms with Gasteiger partial charge < -0.3 is 39.8 Å². The predicted octanol–water partition coefficient (Wildman–Crippen LogP) is -3.02. The highest BCUT2D eigenvalue weighted by atomic mass is 31.2. The smallest absolute Gasteiger partial charge is 0.311 e. The summed E-state index contributed by atoms with van der Waals surface area (Å²) in [5, 5.41) is 28.8. The fraction of sp³-hybridized carbons (Fsp3) is 0.500. The highest BCUT2D eigenvalue weighted by Crippen LogP contribution is 2.39. The molecule has 3 rings (SSSR count). The number of hydrogen-bond acceptors (Lipinski definition) is 11. The standard InChI is InChI=1S/C12H16N5O9P/c13-12-15-9-6(10(22)16-12)14-3-17(9)11-8(21)7(20)4(26-11)1-25-27(23,24)2-5(18)19/h3-4,7-8,11,20-21H,1-2H2,(H,18,19)(H,23,24)(H3,13,15,16,22)/p-1/t4-,7-,8-,11-/m1/s1. The van der Waals surface area contributed by atoms with E-state index in [1.165, 1.54) is 0 Å². The first kappa shape index (κ1) is 19.4. The summed E-state index contributed by atoms with van der Waals surface area (Å²) >= 11 is 0. The van der Waals surface area contributed by atoms with Gasteiger partial charge in [-0.1, -0.05) is 0 Å². The quantitative estimate of drug-likeness (QED) is 0.303. The second kappa shape index (κ2) is 6.99. The van der Waals surface area contributed by atoms with Crippen LogP contribution in [-0.2, 0) is 18.6 Å². The number of nitrogens with zero attached hydrogens (tertiary/aromatic N) is 3. The Morgan fingerprint density at radius 3 is 2.85 bits per heavy atom. The number of H-pyrrole nitrogens is 1. The number of aromatic amines is 1. The first-order valence-corrected chi connectivity index (χ1v) is 9.22. The molecule has 1 aliphatic heterocycles. The molecule has 0 saturated carbocycles. The molecule has 0 aromatic carbocycles. The zero-order valence-electron chi connectivity index (χ0n) is 13.5. The van der Waals surface area contributed by atoms with Crippen molar-refractivity contribution in [1.82, 2.24) is 19.5 Å². The summed E-state index contributed by atoms with van der Waals surface area (Å²) in [5.41, 5.74) is 4.76. The van der Waals surface area contributed by atoms with Crippen LogP contribution < -0.4 is 16.2 Å². The highest BCUT2D eigenvalue weighted by molar-refractivity contribution is 7.52. The van der Waals surface area contributed by atoms with E-state index in [-0.39, 0.29) is 17.1 Å². The van der Waals surface area contributed by atoms with Crippen LogP contribution in [0.4, 0.5) is 5.95 Å². The van der Waals surface area contributed by atoms with Crippen molar-refractivity contribution in [3.8, 4) is 0 Å².